The van der Waals surface area contributed by atoms with E-state index in [2.05, 4.69) is 34.5 Å². The van der Waals surface area contributed by atoms with E-state index in [-0.39, 0.29) is 0 Å². The molecule has 20 heavy (non-hydrogen) atoms. The normalized spacial score (nSPS) is 17.9. The van der Waals surface area contributed by atoms with Crippen LogP contribution in [0.25, 0.3) is 10.9 Å². The van der Waals surface area contributed by atoms with Crippen LogP contribution in [0.1, 0.15) is 18.4 Å². The minimum absolute atomic E-state index is 0.681. The highest BCUT2D eigenvalue weighted by molar-refractivity contribution is 6.31. The smallest absolute Gasteiger partial charge is 0.0457 e. The third-order valence-electron chi connectivity index (χ3n) is 4.28. The van der Waals surface area contributed by atoms with E-state index >= 15 is 0 Å². The van der Waals surface area contributed by atoms with Crippen molar-refractivity contribution in [3.8, 4) is 0 Å². The van der Waals surface area contributed by atoms with Crippen LogP contribution < -0.4 is 5.32 Å². The predicted octanol–water partition coefficient (Wildman–Crippen LogP) is 3.05. The third-order valence-corrected chi connectivity index (χ3v) is 4.51. The second-order valence-corrected chi connectivity index (χ2v) is 6.22. The first-order chi connectivity index (χ1) is 9.72. The zero-order valence-electron chi connectivity index (χ0n) is 12.0. The number of aromatic amines is 1. The van der Waals surface area contributed by atoms with Crippen molar-refractivity contribution >= 4 is 22.5 Å². The quantitative estimate of drug-likeness (QED) is 0.907. The van der Waals surface area contributed by atoms with Gasteiger partial charge in [-0.3, -0.25) is 0 Å². The Balaban J connectivity index is 1.56. The maximum Gasteiger partial charge on any atom is 0.0457 e. The molecule has 0 radical (unpaired) electrons. The van der Waals surface area contributed by atoms with E-state index in [0.717, 1.165) is 18.0 Å². The SMILES string of the molecule is CN1CCC(NCCc2c[nH]c3ccc(Cl)cc23)CC1. The summed E-state index contributed by atoms with van der Waals surface area (Å²) in [7, 11) is 2.20. The van der Waals surface area contributed by atoms with Gasteiger partial charge in [0.2, 0.25) is 0 Å². The van der Waals surface area contributed by atoms with Gasteiger partial charge in [-0.05, 0) is 69.7 Å². The molecule has 2 N–H and O–H groups in total. The number of nitrogens with one attached hydrogen (secondary N) is 2. The van der Waals surface area contributed by atoms with Crippen molar-refractivity contribution in [1.29, 1.82) is 0 Å². The average Bonchev–Trinajstić information content (AvgIpc) is 2.84. The number of hydrogen-bond donors (Lipinski definition) is 2. The van der Waals surface area contributed by atoms with Crippen molar-refractivity contribution in [1.82, 2.24) is 15.2 Å². The summed E-state index contributed by atoms with van der Waals surface area (Å²) in [6.07, 6.45) is 5.68. The zero-order chi connectivity index (χ0) is 13.9. The molecule has 1 aliphatic heterocycles. The lowest BCUT2D eigenvalue weighted by molar-refractivity contribution is 0.235. The van der Waals surface area contributed by atoms with E-state index in [1.165, 1.54) is 42.4 Å². The standard InChI is InChI=1S/C16H22ClN3/c1-20-8-5-14(6-9-20)18-7-4-12-11-19-16-3-2-13(17)10-15(12)16/h2-3,10-11,14,18-19H,4-9H2,1H3. The molecule has 0 unspecified atom stereocenters. The summed E-state index contributed by atoms with van der Waals surface area (Å²) < 4.78 is 0. The van der Waals surface area contributed by atoms with Gasteiger partial charge in [0.1, 0.15) is 0 Å². The first kappa shape index (κ1) is 13.9. The van der Waals surface area contributed by atoms with Crippen molar-refractivity contribution in [3.63, 3.8) is 0 Å². The summed E-state index contributed by atoms with van der Waals surface area (Å²) in [5.41, 5.74) is 2.52. The molecule has 0 aliphatic carbocycles. The Labute approximate surface area is 125 Å². The monoisotopic (exact) mass is 291 g/mol. The highest BCUT2D eigenvalue weighted by atomic mass is 35.5. The second kappa shape index (κ2) is 6.17. The number of aromatic nitrogens is 1. The number of piperidine rings is 1. The Kier molecular flexibility index (Phi) is 4.29. The van der Waals surface area contributed by atoms with Crippen molar-refractivity contribution in [3.05, 3.63) is 35.0 Å². The summed E-state index contributed by atoms with van der Waals surface area (Å²) in [5, 5.41) is 5.75. The number of benzene rings is 1. The fraction of sp³-hybridized carbons (Fsp3) is 0.500. The number of rotatable bonds is 4. The molecule has 2 aromatic rings. The lowest BCUT2D eigenvalue weighted by atomic mass is 10.0. The predicted molar refractivity (Wildman–Crippen MR) is 85.5 cm³/mol. The molecule has 1 saturated heterocycles. The van der Waals surface area contributed by atoms with Gasteiger partial charge in [0.05, 0.1) is 0 Å². The molecule has 0 spiro atoms. The third kappa shape index (κ3) is 3.17. The van der Waals surface area contributed by atoms with Crippen LogP contribution in [0.15, 0.2) is 24.4 Å². The first-order valence-corrected chi connectivity index (χ1v) is 7.77. The van der Waals surface area contributed by atoms with Crippen LogP contribution >= 0.6 is 11.6 Å². The van der Waals surface area contributed by atoms with Crippen LogP contribution in [0.3, 0.4) is 0 Å². The van der Waals surface area contributed by atoms with E-state index in [4.69, 9.17) is 11.6 Å². The zero-order valence-corrected chi connectivity index (χ0v) is 12.7. The summed E-state index contributed by atoms with van der Waals surface area (Å²) in [4.78, 5) is 5.72. The van der Waals surface area contributed by atoms with E-state index < -0.39 is 0 Å². The number of likely N-dealkylation sites (tertiary alicyclic amines) is 1. The van der Waals surface area contributed by atoms with Crippen LogP contribution in [0, 0.1) is 0 Å². The molecular weight excluding hydrogens is 270 g/mol. The van der Waals surface area contributed by atoms with Crippen LogP contribution in [0.4, 0.5) is 0 Å². The van der Waals surface area contributed by atoms with Gasteiger partial charge in [0, 0.05) is 28.2 Å². The Morgan fingerprint density at radius 3 is 2.95 bits per heavy atom. The van der Waals surface area contributed by atoms with Gasteiger partial charge in [-0.25, -0.2) is 0 Å². The molecular formula is C16H22ClN3. The molecule has 3 nitrogen and oxygen atoms in total. The summed E-state index contributed by atoms with van der Waals surface area (Å²) >= 11 is 6.08. The van der Waals surface area contributed by atoms with Gasteiger partial charge in [-0.2, -0.15) is 0 Å². The lowest BCUT2D eigenvalue weighted by Crippen LogP contribution is -2.41. The highest BCUT2D eigenvalue weighted by Gasteiger charge is 2.15. The van der Waals surface area contributed by atoms with E-state index in [9.17, 15) is 0 Å². The molecule has 1 aromatic carbocycles. The summed E-state index contributed by atoms with van der Waals surface area (Å²) in [6, 6.07) is 6.71. The molecule has 0 atom stereocenters. The van der Waals surface area contributed by atoms with Gasteiger partial charge >= 0.3 is 0 Å². The van der Waals surface area contributed by atoms with Gasteiger partial charge in [-0.15, -0.1) is 0 Å². The Morgan fingerprint density at radius 2 is 2.15 bits per heavy atom. The largest absolute Gasteiger partial charge is 0.361 e. The molecule has 3 rings (SSSR count). The fourth-order valence-electron chi connectivity index (χ4n) is 2.98. The summed E-state index contributed by atoms with van der Waals surface area (Å²) in [6.45, 7) is 3.45. The van der Waals surface area contributed by atoms with Gasteiger partial charge in [0.25, 0.3) is 0 Å². The maximum absolute atomic E-state index is 6.08. The molecule has 0 saturated carbocycles. The molecule has 2 heterocycles. The van der Waals surface area contributed by atoms with Gasteiger partial charge < -0.3 is 15.2 Å². The van der Waals surface area contributed by atoms with Crippen LogP contribution in [0.5, 0.6) is 0 Å². The van der Waals surface area contributed by atoms with E-state index in [0.29, 0.717) is 6.04 Å². The minimum atomic E-state index is 0.681. The topological polar surface area (TPSA) is 31.1 Å². The van der Waals surface area contributed by atoms with Crippen molar-refractivity contribution < 1.29 is 0 Å². The van der Waals surface area contributed by atoms with Crippen molar-refractivity contribution in [2.75, 3.05) is 26.7 Å². The maximum atomic E-state index is 6.08. The van der Waals surface area contributed by atoms with Gasteiger partial charge in [0.15, 0.2) is 0 Å². The van der Waals surface area contributed by atoms with Gasteiger partial charge in [-0.1, -0.05) is 11.6 Å². The van der Waals surface area contributed by atoms with Crippen molar-refractivity contribution in [2.24, 2.45) is 0 Å². The molecule has 0 amide bonds. The highest BCUT2D eigenvalue weighted by Crippen LogP contribution is 2.22. The molecule has 4 heteroatoms. The minimum Gasteiger partial charge on any atom is -0.361 e. The van der Waals surface area contributed by atoms with E-state index in [1.54, 1.807) is 0 Å². The molecule has 0 bridgehead atoms. The molecule has 1 fully saturated rings. The molecule has 108 valence electrons. The first-order valence-electron chi connectivity index (χ1n) is 7.40. The lowest BCUT2D eigenvalue weighted by Gasteiger charge is -2.29. The number of halogens is 1. The average molecular weight is 292 g/mol. The van der Waals surface area contributed by atoms with E-state index in [1.807, 2.05) is 12.1 Å². The Hall–Kier alpha value is -1.03. The molecule has 1 aliphatic rings. The van der Waals surface area contributed by atoms with Crippen LogP contribution in [-0.4, -0.2) is 42.6 Å². The van der Waals surface area contributed by atoms with Crippen molar-refractivity contribution in [2.45, 2.75) is 25.3 Å². The number of nitrogens with zero attached hydrogens (tertiary/aromatic N) is 1. The number of H-pyrrole nitrogens is 1. The number of fused-ring (bicyclic) bond motifs is 1. The van der Waals surface area contributed by atoms with Crippen LogP contribution in [0.2, 0.25) is 5.02 Å². The Bertz CT molecular complexity index is 570. The Morgan fingerprint density at radius 1 is 1.35 bits per heavy atom. The fourth-order valence-corrected chi connectivity index (χ4v) is 3.15. The van der Waals surface area contributed by atoms with Crippen LogP contribution in [-0.2, 0) is 6.42 Å². The summed E-state index contributed by atoms with van der Waals surface area (Å²) in [5.74, 6) is 0. The molecule has 1 aromatic heterocycles. The second-order valence-electron chi connectivity index (χ2n) is 5.79. The number of hydrogen-bond acceptors (Lipinski definition) is 2.